The molecule has 2 rings (SSSR count). The van der Waals surface area contributed by atoms with E-state index in [4.69, 9.17) is 5.73 Å². The van der Waals surface area contributed by atoms with Crippen molar-refractivity contribution in [2.75, 3.05) is 11.1 Å². The molecule has 0 spiro atoms. The van der Waals surface area contributed by atoms with Crippen molar-refractivity contribution in [3.63, 3.8) is 0 Å². The average molecular weight is 300 g/mol. The molecule has 1 fully saturated rings. The molecule has 0 aliphatic heterocycles. The lowest BCUT2D eigenvalue weighted by atomic mass is 9.78. The minimum Gasteiger partial charge on any atom is -0.399 e. The van der Waals surface area contributed by atoms with Crippen LogP contribution in [0.2, 0.25) is 0 Å². The number of amides is 1. The number of halogens is 3. The molecule has 3 N–H and O–H groups in total. The van der Waals surface area contributed by atoms with Crippen molar-refractivity contribution in [1.29, 1.82) is 0 Å². The highest BCUT2D eigenvalue weighted by Gasteiger charge is 2.48. The summed E-state index contributed by atoms with van der Waals surface area (Å²) in [4.78, 5) is 12.2. The fraction of sp³-hybridized carbons (Fsp3) is 0.533. The summed E-state index contributed by atoms with van der Waals surface area (Å²) in [6.45, 7) is 1.78. The number of hydrogen-bond acceptors (Lipinski definition) is 2. The minimum atomic E-state index is -4.32. The van der Waals surface area contributed by atoms with E-state index in [9.17, 15) is 18.0 Å². The predicted molar refractivity (Wildman–Crippen MR) is 75.7 cm³/mol. The summed E-state index contributed by atoms with van der Waals surface area (Å²) >= 11 is 0. The first-order chi connectivity index (χ1) is 9.79. The lowest BCUT2D eigenvalue weighted by molar-refractivity contribution is -0.197. The Bertz CT molecular complexity index is 528. The van der Waals surface area contributed by atoms with Crippen molar-refractivity contribution in [3.8, 4) is 0 Å². The Hall–Kier alpha value is -1.72. The van der Waals surface area contributed by atoms with Gasteiger partial charge in [-0.1, -0.05) is 12.8 Å². The Kier molecular flexibility index (Phi) is 4.44. The van der Waals surface area contributed by atoms with Gasteiger partial charge in [-0.2, -0.15) is 13.2 Å². The van der Waals surface area contributed by atoms with Crippen LogP contribution in [0.25, 0.3) is 0 Å². The molecule has 1 aromatic carbocycles. The zero-order chi connectivity index (χ0) is 15.6. The molecular weight excluding hydrogens is 281 g/mol. The molecule has 0 bridgehead atoms. The summed E-state index contributed by atoms with van der Waals surface area (Å²) in [7, 11) is 0. The van der Waals surface area contributed by atoms with Gasteiger partial charge in [0.05, 0.1) is 5.92 Å². The lowest BCUT2D eigenvalue weighted by Crippen LogP contribution is -2.39. The molecule has 1 aliphatic carbocycles. The van der Waals surface area contributed by atoms with Gasteiger partial charge in [-0.15, -0.1) is 0 Å². The largest absolute Gasteiger partial charge is 0.399 e. The number of rotatable bonds is 2. The van der Waals surface area contributed by atoms with Crippen LogP contribution >= 0.6 is 0 Å². The summed E-state index contributed by atoms with van der Waals surface area (Å²) in [5, 5.41) is 2.59. The van der Waals surface area contributed by atoms with E-state index in [1.807, 2.05) is 0 Å². The minimum absolute atomic E-state index is 0.0301. The summed E-state index contributed by atoms with van der Waals surface area (Å²) in [6, 6.07) is 4.90. The second kappa shape index (κ2) is 5.95. The number of carbonyl (C=O) groups excluding carboxylic acids is 1. The van der Waals surface area contributed by atoms with Gasteiger partial charge in [-0.05, 0) is 43.5 Å². The topological polar surface area (TPSA) is 55.1 Å². The Balaban J connectivity index is 2.12. The van der Waals surface area contributed by atoms with Crippen LogP contribution in [0.3, 0.4) is 0 Å². The molecule has 0 saturated heterocycles. The molecule has 0 heterocycles. The maximum atomic E-state index is 13.0. The van der Waals surface area contributed by atoms with Gasteiger partial charge in [0.2, 0.25) is 5.91 Å². The molecule has 1 aromatic rings. The molecule has 0 aromatic heterocycles. The highest BCUT2D eigenvalue weighted by Crippen LogP contribution is 2.41. The molecule has 6 heteroatoms. The first kappa shape index (κ1) is 15.7. The van der Waals surface area contributed by atoms with Crippen LogP contribution in [-0.2, 0) is 4.79 Å². The van der Waals surface area contributed by atoms with Crippen LogP contribution in [0.1, 0.15) is 31.2 Å². The molecule has 2 atom stereocenters. The number of alkyl halides is 3. The van der Waals surface area contributed by atoms with Crippen LogP contribution in [0.4, 0.5) is 24.5 Å². The number of benzene rings is 1. The highest BCUT2D eigenvalue weighted by molar-refractivity contribution is 5.93. The number of anilines is 2. The second-order valence-electron chi connectivity index (χ2n) is 5.60. The van der Waals surface area contributed by atoms with Gasteiger partial charge in [-0.25, -0.2) is 0 Å². The van der Waals surface area contributed by atoms with Crippen LogP contribution in [0.5, 0.6) is 0 Å². The monoisotopic (exact) mass is 300 g/mol. The quantitative estimate of drug-likeness (QED) is 0.814. The normalized spacial score (nSPS) is 22.9. The molecule has 2 unspecified atom stereocenters. The molecule has 1 amide bonds. The molecule has 116 valence electrons. The van der Waals surface area contributed by atoms with E-state index in [0.29, 0.717) is 24.2 Å². The molecule has 1 aliphatic rings. The van der Waals surface area contributed by atoms with Gasteiger partial charge in [0, 0.05) is 17.3 Å². The lowest BCUT2D eigenvalue weighted by Gasteiger charge is -2.32. The van der Waals surface area contributed by atoms with Crippen molar-refractivity contribution >= 4 is 17.3 Å². The van der Waals surface area contributed by atoms with E-state index >= 15 is 0 Å². The van der Waals surface area contributed by atoms with Gasteiger partial charge >= 0.3 is 6.18 Å². The fourth-order valence-corrected chi connectivity index (χ4v) is 2.82. The number of aryl methyl sites for hydroxylation is 1. The summed E-state index contributed by atoms with van der Waals surface area (Å²) in [5.74, 6) is -3.10. The van der Waals surface area contributed by atoms with Crippen molar-refractivity contribution in [2.24, 2.45) is 11.8 Å². The van der Waals surface area contributed by atoms with Crippen molar-refractivity contribution < 1.29 is 18.0 Å². The van der Waals surface area contributed by atoms with Crippen LogP contribution in [0.15, 0.2) is 18.2 Å². The molecule has 21 heavy (non-hydrogen) atoms. The van der Waals surface area contributed by atoms with E-state index in [2.05, 4.69) is 5.32 Å². The van der Waals surface area contributed by atoms with Gasteiger partial charge in [0.25, 0.3) is 0 Å². The number of carbonyl (C=O) groups is 1. The zero-order valence-electron chi connectivity index (χ0n) is 11.8. The van der Waals surface area contributed by atoms with Crippen LogP contribution < -0.4 is 11.1 Å². The smallest absolute Gasteiger partial charge is 0.392 e. The standard InChI is InChI=1S/C15H19F3N2O/c1-9-8-10(6-7-13(9)19)20-14(21)11-4-2-3-5-12(11)15(16,17)18/h6-8,11-12H,2-5,19H2,1H3,(H,20,21). The third-order valence-corrected chi connectivity index (χ3v) is 4.06. The number of hydrogen-bond donors (Lipinski definition) is 2. The summed E-state index contributed by atoms with van der Waals surface area (Å²) in [6.07, 6.45) is -2.83. The summed E-state index contributed by atoms with van der Waals surface area (Å²) in [5.41, 5.74) is 7.53. The third-order valence-electron chi connectivity index (χ3n) is 4.06. The molecule has 0 radical (unpaired) electrons. The average Bonchev–Trinajstić information content (AvgIpc) is 2.42. The van der Waals surface area contributed by atoms with E-state index in [1.165, 1.54) is 0 Å². The Labute approximate surface area is 121 Å². The number of nitrogens with one attached hydrogen (secondary N) is 1. The van der Waals surface area contributed by atoms with Gasteiger partial charge < -0.3 is 11.1 Å². The van der Waals surface area contributed by atoms with Gasteiger partial charge in [0.1, 0.15) is 0 Å². The SMILES string of the molecule is Cc1cc(NC(=O)C2CCCCC2C(F)(F)F)ccc1N. The molecular formula is C15H19F3N2O. The Morgan fingerprint density at radius 2 is 1.95 bits per heavy atom. The highest BCUT2D eigenvalue weighted by atomic mass is 19.4. The van der Waals surface area contributed by atoms with E-state index in [-0.39, 0.29) is 12.8 Å². The molecule has 3 nitrogen and oxygen atoms in total. The number of nitrogens with two attached hydrogens (primary N) is 1. The van der Waals surface area contributed by atoms with Crippen LogP contribution in [-0.4, -0.2) is 12.1 Å². The van der Waals surface area contributed by atoms with E-state index in [0.717, 1.165) is 5.56 Å². The van der Waals surface area contributed by atoms with E-state index in [1.54, 1.807) is 25.1 Å². The van der Waals surface area contributed by atoms with Crippen molar-refractivity contribution in [1.82, 2.24) is 0 Å². The Morgan fingerprint density at radius 3 is 2.57 bits per heavy atom. The first-order valence-electron chi connectivity index (χ1n) is 7.02. The van der Waals surface area contributed by atoms with Gasteiger partial charge in [-0.3, -0.25) is 4.79 Å². The van der Waals surface area contributed by atoms with Crippen LogP contribution in [0, 0.1) is 18.8 Å². The summed E-state index contributed by atoms with van der Waals surface area (Å²) < 4.78 is 39.0. The van der Waals surface area contributed by atoms with Crippen molar-refractivity contribution in [3.05, 3.63) is 23.8 Å². The predicted octanol–water partition coefficient (Wildman–Crippen LogP) is 3.88. The maximum Gasteiger partial charge on any atom is 0.392 e. The third kappa shape index (κ3) is 3.68. The van der Waals surface area contributed by atoms with Crippen molar-refractivity contribution in [2.45, 2.75) is 38.8 Å². The molecule has 1 saturated carbocycles. The van der Waals surface area contributed by atoms with E-state index < -0.39 is 23.9 Å². The number of nitrogen functional groups attached to an aromatic ring is 1. The Morgan fingerprint density at radius 1 is 1.29 bits per heavy atom. The first-order valence-corrected chi connectivity index (χ1v) is 7.02. The second-order valence-corrected chi connectivity index (χ2v) is 5.60. The fourth-order valence-electron chi connectivity index (χ4n) is 2.82. The maximum absolute atomic E-state index is 13.0. The zero-order valence-corrected chi connectivity index (χ0v) is 11.8. The van der Waals surface area contributed by atoms with Gasteiger partial charge in [0.15, 0.2) is 0 Å².